The number of anilines is 1. The van der Waals surface area contributed by atoms with Crippen molar-refractivity contribution in [3.63, 3.8) is 0 Å². The maximum atomic E-state index is 12.9. The molecule has 2 unspecified atom stereocenters. The van der Waals surface area contributed by atoms with Gasteiger partial charge in [-0.05, 0) is 37.3 Å². The van der Waals surface area contributed by atoms with Crippen LogP contribution >= 0.6 is 0 Å². The summed E-state index contributed by atoms with van der Waals surface area (Å²) in [4.78, 5) is 39.8. The summed E-state index contributed by atoms with van der Waals surface area (Å²) in [7, 11) is 0. The first-order valence-electron chi connectivity index (χ1n) is 9.33. The Morgan fingerprint density at radius 1 is 1.11 bits per heavy atom. The molecule has 3 N–H and O–H groups in total. The molecule has 27 heavy (non-hydrogen) atoms. The lowest BCUT2D eigenvalue weighted by molar-refractivity contribution is -0.139. The van der Waals surface area contributed by atoms with Crippen LogP contribution in [-0.2, 0) is 9.59 Å². The Kier molecular flexibility index (Phi) is 4.61. The molecule has 0 aromatic heterocycles. The Morgan fingerprint density at radius 2 is 1.85 bits per heavy atom. The van der Waals surface area contributed by atoms with Gasteiger partial charge in [-0.3, -0.25) is 24.6 Å². The molecule has 2 fully saturated rings. The summed E-state index contributed by atoms with van der Waals surface area (Å²) >= 11 is 0. The van der Waals surface area contributed by atoms with Crippen molar-refractivity contribution in [1.82, 2.24) is 10.2 Å². The molecule has 8 heteroatoms. The molecule has 0 bridgehead atoms. The van der Waals surface area contributed by atoms with Crippen molar-refractivity contribution in [2.24, 2.45) is 5.92 Å². The van der Waals surface area contributed by atoms with Gasteiger partial charge in [0.2, 0.25) is 11.8 Å². The number of nitrogens with zero attached hydrogens (tertiary/aromatic N) is 2. The fourth-order valence-corrected chi connectivity index (χ4v) is 4.18. The van der Waals surface area contributed by atoms with Crippen LogP contribution in [0, 0.1) is 5.92 Å². The normalized spacial score (nSPS) is 26.4. The van der Waals surface area contributed by atoms with E-state index in [9.17, 15) is 24.6 Å². The molecule has 4 rings (SSSR count). The molecule has 1 aromatic carbocycles. The van der Waals surface area contributed by atoms with Crippen LogP contribution in [-0.4, -0.2) is 58.6 Å². The zero-order valence-corrected chi connectivity index (χ0v) is 14.9. The van der Waals surface area contributed by atoms with Gasteiger partial charge in [-0.15, -0.1) is 0 Å². The van der Waals surface area contributed by atoms with Crippen molar-refractivity contribution in [1.29, 1.82) is 0 Å². The van der Waals surface area contributed by atoms with Crippen LogP contribution in [0.1, 0.15) is 47.8 Å². The van der Waals surface area contributed by atoms with Crippen molar-refractivity contribution in [3.05, 3.63) is 29.3 Å². The number of aliphatic hydroxyl groups is 2. The zero-order chi connectivity index (χ0) is 19.1. The standard InChI is InChI=1S/C19H23N3O5/c23-10-11-5-7-21(8-6-11)12-1-2-13-14(9-12)19(27)22(18(13)26)15-3-4-16(24)20-17(15)25/h1-2,9,11,15,18,23,26H,3-8,10H2,(H,20,24,25). The highest BCUT2D eigenvalue weighted by Crippen LogP contribution is 2.37. The largest absolute Gasteiger partial charge is 0.396 e. The Hall–Kier alpha value is -2.45. The zero-order valence-electron chi connectivity index (χ0n) is 14.9. The smallest absolute Gasteiger partial charge is 0.257 e. The SMILES string of the molecule is O=C1CCC(N2C(=O)c3cc(N4CCC(CO)CC4)ccc3C2O)C(=O)N1. The molecule has 144 valence electrons. The van der Waals surface area contributed by atoms with E-state index in [0.29, 0.717) is 17.0 Å². The van der Waals surface area contributed by atoms with Gasteiger partial charge in [0, 0.05) is 42.9 Å². The first-order valence-corrected chi connectivity index (χ1v) is 9.33. The van der Waals surface area contributed by atoms with Crippen molar-refractivity contribution < 1.29 is 24.6 Å². The number of fused-ring (bicyclic) bond motifs is 1. The van der Waals surface area contributed by atoms with Crippen LogP contribution in [0.5, 0.6) is 0 Å². The van der Waals surface area contributed by atoms with Crippen LogP contribution in [0.3, 0.4) is 0 Å². The molecule has 0 saturated carbocycles. The monoisotopic (exact) mass is 373 g/mol. The van der Waals surface area contributed by atoms with E-state index in [0.717, 1.165) is 31.6 Å². The fraction of sp³-hybridized carbons (Fsp3) is 0.526. The van der Waals surface area contributed by atoms with E-state index in [-0.39, 0.29) is 31.3 Å². The van der Waals surface area contributed by atoms with Crippen molar-refractivity contribution >= 4 is 23.4 Å². The van der Waals surface area contributed by atoms with Gasteiger partial charge in [0.05, 0.1) is 0 Å². The van der Waals surface area contributed by atoms with E-state index < -0.39 is 18.2 Å². The third-order valence-electron chi connectivity index (χ3n) is 5.83. The van der Waals surface area contributed by atoms with Gasteiger partial charge >= 0.3 is 0 Å². The number of rotatable bonds is 3. The number of carbonyl (C=O) groups excluding carboxylic acids is 3. The minimum Gasteiger partial charge on any atom is -0.396 e. The van der Waals surface area contributed by atoms with Crippen LogP contribution < -0.4 is 10.2 Å². The third kappa shape index (κ3) is 3.08. The molecular formula is C19H23N3O5. The number of amides is 3. The summed E-state index contributed by atoms with van der Waals surface area (Å²) in [6, 6.07) is 4.53. The van der Waals surface area contributed by atoms with Crippen molar-refractivity contribution in [2.45, 2.75) is 38.0 Å². The molecule has 3 aliphatic rings. The minimum atomic E-state index is -1.19. The Morgan fingerprint density at radius 3 is 2.52 bits per heavy atom. The lowest BCUT2D eigenvalue weighted by Gasteiger charge is -2.33. The molecule has 2 saturated heterocycles. The average molecular weight is 373 g/mol. The molecule has 2 atom stereocenters. The number of carbonyl (C=O) groups is 3. The molecule has 3 heterocycles. The number of benzene rings is 1. The maximum absolute atomic E-state index is 12.9. The molecule has 8 nitrogen and oxygen atoms in total. The first kappa shape index (κ1) is 17.9. The predicted molar refractivity (Wildman–Crippen MR) is 95.8 cm³/mol. The average Bonchev–Trinajstić information content (AvgIpc) is 2.92. The minimum absolute atomic E-state index is 0.147. The number of nitrogens with one attached hydrogen (secondary N) is 1. The first-order chi connectivity index (χ1) is 13.0. The second kappa shape index (κ2) is 6.94. The Bertz CT molecular complexity index is 788. The summed E-state index contributed by atoms with van der Waals surface area (Å²) in [6.07, 6.45) is 0.960. The van der Waals surface area contributed by atoms with E-state index in [1.165, 1.54) is 4.90 Å². The highest BCUT2D eigenvalue weighted by molar-refractivity contribution is 6.06. The molecular weight excluding hydrogens is 350 g/mol. The molecule has 3 aliphatic heterocycles. The van der Waals surface area contributed by atoms with E-state index in [4.69, 9.17) is 0 Å². The molecule has 0 spiro atoms. The van der Waals surface area contributed by atoms with Gasteiger partial charge in [0.25, 0.3) is 5.91 Å². The second-order valence-corrected chi connectivity index (χ2v) is 7.44. The quantitative estimate of drug-likeness (QED) is 0.651. The van der Waals surface area contributed by atoms with Gasteiger partial charge in [-0.2, -0.15) is 0 Å². The van der Waals surface area contributed by atoms with E-state index in [1.807, 2.05) is 6.07 Å². The lowest BCUT2D eigenvalue weighted by atomic mass is 9.97. The summed E-state index contributed by atoms with van der Waals surface area (Å²) in [5.41, 5.74) is 1.78. The highest BCUT2D eigenvalue weighted by Gasteiger charge is 2.44. The number of hydrogen-bond acceptors (Lipinski definition) is 6. The van der Waals surface area contributed by atoms with Gasteiger partial charge in [0.1, 0.15) is 6.04 Å². The molecule has 0 aliphatic carbocycles. The topological polar surface area (TPSA) is 110 Å². The summed E-state index contributed by atoms with van der Waals surface area (Å²) in [6.45, 7) is 1.80. The number of piperidine rings is 2. The van der Waals surface area contributed by atoms with E-state index >= 15 is 0 Å². The Balaban J connectivity index is 1.56. The lowest BCUT2D eigenvalue weighted by Crippen LogP contribution is -2.53. The highest BCUT2D eigenvalue weighted by atomic mass is 16.3. The van der Waals surface area contributed by atoms with E-state index in [1.54, 1.807) is 12.1 Å². The van der Waals surface area contributed by atoms with Gasteiger partial charge in [-0.1, -0.05) is 6.07 Å². The third-order valence-corrected chi connectivity index (χ3v) is 5.83. The van der Waals surface area contributed by atoms with Crippen molar-refractivity contribution in [3.8, 4) is 0 Å². The number of aliphatic hydroxyl groups excluding tert-OH is 2. The number of imide groups is 1. The van der Waals surface area contributed by atoms with Crippen LogP contribution in [0.4, 0.5) is 5.69 Å². The van der Waals surface area contributed by atoms with Crippen LogP contribution in [0.15, 0.2) is 18.2 Å². The van der Waals surface area contributed by atoms with Crippen LogP contribution in [0.2, 0.25) is 0 Å². The van der Waals surface area contributed by atoms with Crippen molar-refractivity contribution in [2.75, 3.05) is 24.6 Å². The molecule has 0 radical (unpaired) electrons. The fourth-order valence-electron chi connectivity index (χ4n) is 4.18. The van der Waals surface area contributed by atoms with E-state index in [2.05, 4.69) is 10.2 Å². The summed E-state index contributed by atoms with van der Waals surface area (Å²) < 4.78 is 0. The second-order valence-electron chi connectivity index (χ2n) is 7.44. The number of hydrogen-bond donors (Lipinski definition) is 3. The molecule has 3 amide bonds. The maximum Gasteiger partial charge on any atom is 0.257 e. The van der Waals surface area contributed by atoms with Crippen LogP contribution in [0.25, 0.3) is 0 Å². The van der Waals surface area contributed by atoms with Gasteiger partial charge < -0.3 is 15.1 Å². The molecule has 1 aromatic rings. The van der Waals surface area contributed by atoms with Gasteiger partial charge in [-0.25, -0.2) is 0 Å². The Labute approximate surface area is 156 Å². The summed E-state index contributed by atoms with van der Waals surface area (Å²) in [5.74, 6) is -0.970. The van der Waals surface area contributed by atoms with Gasteiger partial charge in [0.15, 0.2) is 6.23 Å². The predicted octanol–water partition coefficient (Wildman–Crippen LogP) is 0.147. The summed E-state index contributed by atoms with van der Waals surface area (Å²) in [5, 5.41) is 22.1.